The third-order valence-electron chi connectivity index (χ3n) is 3.22. The normalized spacial score (nSPS) is 9.74. The predicted octanol–water partition coefficient (Wildman–Crippen LogP) is 2.57. The van der Waals surface area contributed by atoms with Gasteiger partial charge in [0.2, 0.25) is 0 Å². The molecule has 1 amide bonds. The quantitative estimate of drug-likeness (QED) is 0.798. The summed E-state index contributed by atoms with van der Waals surface area (Å²) in [7, 11) is 1.61. The zero-order valence-corrected chi connectivity index (χ0v) is 12.9. The second-order valence-electron chi connectivity index (χ2n) is 4.81. The van der Waals surface area contributed by atoms with Gasteiger partial charge in [0.15, 0.2) is 0 Å². The highest BCUT2D eigenvalue weighted by Gasteiger charge is 2.04. The smallest absolute Gasteiger partial charge is 0.251 e. The average Bonchev–Trinajstić information content (AvgIpc) is 2.60. The third kappa shape index (κ3) is 5.04. The fourth-order valence-corrected chi connectivity index (χ4v) is 1.97. The summed E-state index contributed by atoms with van der Waals surface area (Å²) >= 11 is 0. The lowest BCUT2D eigenvalue weighted by molar-refractivity contribution is 0.0947. The van der Waals surface area contributed by atoms with E-state index in [1.165, 1.54) is 0 Å². The number of benzene rings is 2. The molecule has 0 aliphatic rings. The highest BCUT2D eigenvalue weighted by Crippen LogP contribution is 2.16. The Morgan fingerprint density at radius 2 is 1.74 bits per heavy atom. The lowest BCUT2D eigenvalue weighted by Gasteiger charge is -2.08. The molecule has 0 atom stereocenters. The molecule has 5 nitrogen and oxygen atoms in total. The van der Waals surface area contributed by atoms with Crippen LogP contribution in [-0.2, 0) is 6.42 Å². The highest BCUT2D eigenvalue weighted by molar-refractivity contribution is 5.94. The monoisotopic (exact) mass is 310 g/mol. The summed E-state index contributed by atoms with van der Waals surface area (Å²) in [5.74, 6) is 1.33. The van der Waals surface area contributed by atoms with Gasteiger partial charge in [0.1, 0.15) is 18.1 Å². The van der Waals surface area contributed by atoms with E-state index in [9.17, 15) is 4.79 Å². The molecule has 0 bridgehead atoms. The van der Waals surface area contributed by atoms with E-state index in [0.29, 0.717) is 25.1 Å². The lowest BCUT2D eigenvalue weighted by atomic mass is 10.1. The number of ether oxygens (including phenoxy) is 2. The SMILES string of the molecule is COc1ccc(OCCNC(=O)c2ccc(CC#N)cc2)cc1. The summed E-state index contributed by atoms with van der Waals surface area (Å²) in [4.78, 5) is 12.0. The maximum absolute atomic E-state index is 12.0. The average molecular weight is 310 g/mol. The molecule has 0 radical (unpaired) electrons. The van der Waals surface area contributed by atoms with Gasteiger partial charge in [0.05, 0.1) is 26.1 Å². The molecule has 0 aromatic heterocycles. The number of rotatable bonds is 7. The Kier molecular flexibility index (Phi) is 6.01. The number of amides is 1. The minimum absolute atomic E-state index is 0.160. The molecule has 0 saturated heterocycles. The van der Waals surface area contributed by atoms with E-state index in [2.05, 4.69) is 11.4 Å². The Morgan fingerprint density at radius 1 is 1.09 bits per heavy atom. The van der Waals surface area contributed by atoms with Crippen molar-refractivity contribution in [3.8, 4) is 17.6 Å². The molecule has 23 heavy (non-hydrogen) atoms. The van der Waals surface area contributed by atoms with Crippen LogP contribution in [0.5, 0.6) is 11.5 Å². The van der Waals surface area contributed by atoms with Crippen molar-refractivity contribution >= 4 is 5.91 Å². The fourth-order valence-electron chi connectivity index (χ4n) is 1.97. The van der Waals surface area contributed by atoms with Gasteiger partial charge in [-0.2, -0.15) is 5.26 Å². The topological polar surface area (TPSA) is 71.3 Å². The van der Waals surface area contributed by atoms with Gasteiger partial charge in [0, 0.05) is 5.56 Å². The molecule has 0 heterocycles. The van der Waals surface area contributed by atoms with Gasteiger partial charge in [-0.3, -0.25) is 4.79 Å². The van der Waals surface area contributed by atoms with E-state index >= 15 is 0 Å². The molecule has 0 aliphatic heterocycles. The molecule has 0 saturated carbocycles. The molecule has 0 aliphatic carbocycles. The number of carbonyl (C=O) groups excluding carboxylic acids is 1. The first-order valence-corrected chi connectivity index (χ1v) is 7.24. The van der Waals surface area contributed by atoms with Gasteiger partial charge >= 0.3 is 0 Å². The zero-order chi connectivity index (χ0) is 16.5. The Labute approximate surface area is 135 Å². The molecule has 2 aromatic carbocycles. The maximum atomic E-state index is 12.0. The first kappa shape index (κ1) is 16.4. The standard InChI is InChI=1S/C18H18N2O3/c1-22-16-6-8-17(9-7-16)23-13-12-20-18(21)15-4-2-14(3-5-15)10-11-19/h2-9H,10,12-13H2,1H3,(H,20,21). The predicted molar refractivity (Wildman–Crippen MR) is 86.6 cm³/mol. The minimum atomic E-state index is -0.160. The Balaban J connectivity index is 1.74. The first-order valence-electron chi connectivity index (χ1n) is 7.24. The van der Waals surface area contributed by atoms with Crippen LogP contribution in [-0.4, -0.2) is 26.2 Å². The number of nitrogens with one attached hydrogen (secondary N) is 1. The summed E-state index contributed by atoms with van der Waals surface area (Å²) in [5.41, 5.74) is 1.46. The van der Waals surface area contributed by atoms with Crippen molar-refractivity contribution in [1.29, 1.82) is 5.26 Å². The zero-order valence-electron chi connectivity index (χ0n) is 12.9. The van der Waals surface area contributed by atoms with Crippen molar-refractivity contribution in [2.45, 2.75) is 6.42 Å². The van der Waals surface area contributed by atoms with Crippen molar-refractivity contribution in [3.05, 3.63) is 59.7 Å². The molecule has 2 rings (SSSR count). The summed E-state index contributed by atoms with van der Waals surface area (Å²) in [6.45, 7) is 0.787. The van der Waals surface area contributed by atoms with Gasteiger partial charge in [-0.25, -0.2) is 0 Å². The van der Waals surface area contributed by atoms with E-state index in [1.807, 2.05) is 24.3 Å². The van der Waals surface area contributed by atoms with Crippen LogP contribution in [0.4, 0.5) is 0 Å². The van der Waals surface area contributed by atoms with Crippen LogP contribution >= 0.6 is 0 Å². The molecular weight excluding hydrogens is 292 g/mol. The van der Waals surface area contributed by atoms with Crippen LogP contribution in [0, 0.1) is 11.3 Å². The van der Waals surface area contributed by atoms with Gasteiger partial charge < -0.3 is 14.8 Å². The molecule has 0 unspecified atom stereocenters. The lowest BCUT2D eigenvalue weighted by Crippen LogP contribution is -2.28. The number of nitriles is 1. The van der Waals surface area contributed by atoms with E-state index < -0.39 is 0 Å². The Morgan fingerprint density at radius 3 is 2.35 bits per heavy atom. The molecule has 1 N–H and O–H groups in total. The summed E-state index contributed by atoms with van der Waals surface area (Å²) in [5, 5.41) is 11.4. The van der Waals surface area contributed by atoms with Crippen molar-refractivity contribution in [2.24, 2.45) is 0 Å². The summed E-state index contributed by atoms with van der Waals surface area (Å²) < 4.78 is 10.6. The number of methoxy groups -OCH3 is 1. The fraction of sp³-hybridized carbons (Fsp3) is 0.222. The van der Waals surface area contributed by atoms with E-state index in [4.69, 9.17) is 14.7 Å². The van der Waals surface area contributed by atoms with Gasteiger partial charge in [0.25, 0.3) is 5.91 Å². The Hall–Kier alpha value is -3.00. The number of nitrogens with zero attached hydrogens (tertiary/aromatic N) is 1. The summed E-state index contributed by atoms with van der Waals surface area (Å²) in [6, 6.07) is 16.3. The molecule has 0 fully saturated rings. The Bertz CT molecular complexity index is 673. The van der Waals surface area contributed by atoms with E-state index in [-0.39, 0.29) is 5.91 Å². The van der Waals surface area contributed by atoms with E-state index in [0.717, 1.165) is 17.1 Å². The third-order valence-corrected chi connectivity index (χ3v) is 3.22. The maximum Gasteiger partial charge on any atom is 0.251 e. The number of hydrogen-bond acceptors (Lipinski definition) is 4. The second kappa shape index (κ2) is 8.44. The molecule has 118 valence electrons. The van der Waals surface area contributed by atoms with Crippen LogP contribution in [0.1, 0.15) is 15.9 Å². The molecule has 0 spiro atoms. The van der Waals surface area contributed by atoms with Gasteiger partial charge in [-0.05, 0) is 42.0 Å². The minimum Gasteiger partial charge on any atom is -0.497 e. The van der Waals surface area contributed by atoms with Gasteiger partial charge in [-0.15, -0.1) is 0 Å². The summed E-state index contributed by atoms with van der Waals surface area (Å²) in [6.07, 6.45) is 0.345. The van der Waals surface area contributed by atoms with E-state index in [1.54, 1.807) is 31.4 Å². The van der Waals surface area contributed by atoms with Crippen LogP contribution in [0.2, 0.25) is 0 Å². The van der Waals surface area contributed by atoms with Crippen molar-refractivity contribution < 1.29 is 14.3 Å². The largest absolute Gasteiger partial charge is 0.497 e. The molecule has 5 heteroatoms. The highest BCUT2D eigenvalue weighted by atomic mass is 16.5. The van der Waals surface area contributed by atoms with Crippen LogP contribution in [0.3, 0.4) is 0 Å². The molecule has 2 aromatic rings. The molecular formula is C18H18N2O3. The first-order chi connectivity index (χ1) is 11.2. The number of hydrogen-bond donors (Lipinski definition) is 1. The number of carbonyl (C=O) groups is 1. The van der Waals surface area contributed by atoms with Crippen LogP contribution in [0.15, 0.2) is 48.5 Å². The van der Waals surface area contributed by atoms with Crippen molar-refractivity contribution in [2.75, 3.05) is 20.3 Å². The van der Waals surface area contributed by atoms with Crippen molar-refractivity contribution in [3.63, 3.8) is 0 Å². The van der Waals surface area contributed by atoms with Crippen molar-refractivity contribution in [1.82, 2.24) is 5.32 Å². The van der Waals surface area contributed by atoms with Crippen LogP contribution < -0.4 is 14.8 Å². The van der Waals surface area contributed by atoms with Gasteiger partial charge in [-0.1, -0.05) is 12.1 Å². The van der Waals surface area contributed by atoms with Crippen LogP contribution in [0.25, 0.3) is 0 Å². The second-order valence-corrected chi connectivity index (χ2v) is 4.81.